The fourth-order valence-electron chi connectivity index (χ4n) is 2.21. The van der Waals surface area contributed by atoms with Gasteiger partial charge < -0.3 is 4.42 Å². The van der Waals surface area contributed by atoms with Crippen LogP contribution in [-0.2, 0) is 0 Å². The molecule has 0 amide bonds. The van der Waals surface area contributed by atoms with E-state index in [1.54, 1.807) is 25.1 Å². The third-order valence-electron chi connectivity index (χ3n) is 3.28. The molecule has 0 saturated heterocycles. The van der Waals surface area contributed by atoms with Gasteiger partial charge in [-0.05, 0) is 43.3 Å². The summed E-state index contributed by atoms with van der Waals surface area (Å²) in [4.78, 5) is 12.5. The van der Waals surface area contributed by atoms with Crippen molar-refractivity contribution < 1.29 is 13.6 Å². The molecule has 0 aliphatic rings. The van der Waals surface area contributed by atoms with E-state index in [0.29, 0.717) is 16.2 Å². The molecule has 0 aliphatic carbocycles. The lowest BCUT2D eigenvalue weighted by molar-refractivity contribution is 0.101. The van der Waals surface area contributed by atoms with E-state index in [-0.39, 0.29) is 22.1 Å². The van der Waals surface area contributed by atoms with Gasteiger partial charge in [0, 0.05) is 21.5 Å². The maximum absolute atomic E-state index is 13.1. The molecule has 5 heteroatoms. The van der Waals surface area contributed by atoms with Gasteiger partial charge in [0.2, 0.25) is 5.78 Å². The summed E-state index contributed by atoms with van der Waals surface area (Å²) < 4.78 is 18.7. The number of hydrogen-bond acceptors (Lipinski definition) is 2. The second kappa shape index (κ2) is 5.17. The van der Waals surface area contributed by atoms with Crippen LogP contribution < -0.4 is 0 Å². The van der Waals surface area contributed by atoms with Gasteiger partial charge in [0.1, 0.15) is 11.4 Å². The summed E-state index contributed by atoms with van der Waals surface area (Å²) in [5, 5.41) is 1.38. The number of furan rings is 1. The monoisotopic (exact) mass is 322 g/mol. The summed E-state index contributed by atoms with van der Waals surface area (Å²) in [5.41, 5.74) is 1.45. The van der Waals surface area contributed by atoms with Crippen molar-refractivity contribution >= 4 is 40.0 Å². The lowest BCUT2D eigenvalue weighted by Crippen LogP contribution is -2.02. The molecular formula is C16H9Cl2FO2. The van der Waals surface area contributed by atoms with E-state index >= 15 is 0 Å². The molecule has 0 radical (unpaired) electrons. The summed E-state index contributed by atoms with van der Waals surface area (Å²) in [5.74, 6) is -0.699. The zero-order chi connectivity index (χ0) is 15.1. The number of benzene rings is 2. The number of fused-ring (bicyclic) bond motifs is 1. The summed E-state index contributed by atoms with van der Waals surface area (Å²) >= 11 is 11.9. The van der Waals surface area contributed by atoms with Crippen molar-refractivity contribution in [1.82, 2.24) is 0 Å². The van der Waals surface area contributed by atoms with E-state index in [9.17, 15) is 9.18 Å². The van der Waals surface area contributed by atoms with Gasteiger partial charge in [-0.25, -0.2) is 4.39 Å². The van der Waals surface area contributed by atoms with Gasteiger partial charge >= 0.3 is 0 Å². The summed E-state index contributed by atoms with van der Waals surface area (Å²) in [6, 6.07) is 8.76. The normalized spacial score (nSPS) is 11.0. The van der Waals surface area contributed by atoms with Gasteiger partial charge in [0.05, 0.1) is 5.02 Å². The van der Waals surface area contributed by atoms with Crippen LogP contribution in [0.1, 0.15) is 21.7 Å². The van der Waals surface area contributed by atoms with Crippen molar-refractivity contribution in [2.45, 2.75) is 6.92 Å². The Balaban J connectivity index is 2.15. The first kappa shape index (κ1) is 14.1. The molecule has 0 N–H and O–H groups in total. The SMILES string of the molecule is Cc1c(C(=O)c2ccc(F)cc2Cl)oc2ccc(Cl)cc12. The second-order valence-corrected chi connectivity index (χ2v) is 5.49. The predicted molar refractivity (Wildman–Crippen MR) is 80.8 cm³/mol. The van der Waals surface area contributed by atoms with Gasteiger partial charge in [-0.15, -0.1) is 0 Å². The van der Waals surface area contributed by atoms with Gasteiger partial charge in [-0.3, -0.25) is 4.79 Å². The minimum atomic E-state index is -0.496. The van der Waals surface area contributed by atoms with Crippen LogP contribution >= 0.6 is 23.2 Å². The average molecular weight is 323 g/mol. The van der Waals surface area contributed by atoms with E-state index < -0.39 is 5.82 Å². The Bertz CT molecular complexity index is 868. The number of carbonyl (C=O) groups excluding carboxylic acids is 1. The highest BCUT2D eigenvalue weighted by Gasteiger charge is 2.21. The molecule has 0 fully saturated rings. The first-order valence-corrected chi connectivity index (χ1v) is 6.91. The summed E-state index contributed by atoms with van der Waals surface area (Å²) in [6.45, 7) is 1.77. The highest BCUT2D eigenvalue weighted by atomic mass is 35.5. The maximum atomic E-state index is 13.1. The van der Waals surface area contributed by atoms with Crippen LogP contribution in [0.4, 0.5) is 4.39 Å². The number of rotatable bonds is 2. The van der Waals surface area contributed by atoms with E-state index in [0.717, 1.165) is 11.5 Å². The third-order valence-corrected chi connectivity index (χ3v) is 3.83. The lowest BCUT2D eigenvalue weighted by Gasteiger charge is -2.02. The highest BCUT2D eigenvalue weighted by molar-refractivity contribution is 6.35. The largest absolute Gasteiger partial charge is 0.452 e. The molecule has 3 aromatic rings. The Morgan fingerprint density at radius 1 is 1.14 bits per heavy atom. The molecule has 106 valence electrons. The van der Waals surface area contributed by atoms with Crippen LogP contribution in [0.2, 0.25) is 10.0 Å². The third kappa shape index (κ3) is 2.43. The number of hydrogen-bond donors (Lipinski definition) is 0. The molecule has 2 nitrogen and oxygen atoms in total. The van der Waals surface area contributed by atoms with Crippen molar-refractivity contribution in [2.24, 2.45) is 0 Å². The number of aryl methyl sites for hydroxylation is 1. The van der Waals surface area contributed by atoms with Crippen LogP contribution in [0, 0.1) is 12.7 Å². The minimum Gasteiger partial charge on any atom is -0.452 e. The molecule has 0 aliphatic heterocycles. The Labute approximate surface area is 130 Å². The molecule has 0 unspecified atom stereocenters. The highest BCUT2D eigenvalue weighted by Crippen LogP contribution is 2.30. The first-order chi connectivity index (χ1) is 9.97. The van der Waals surface area contributed by atoms with Crippen LogP contribution in [0.3, 0.4) is 0 Å². The summed E-state index contributed by atoms with van der Waals surface area (Å²) in [6.07, 6.45) is 0. The van der Waals surface area contributed by atoms with Gasteiger partial charge in [0.15, 0.2) is 5.76 Å². The Hall–Kier alpha value is -1.84. The number of halogens is 3. The van der Waals surface area contributed by atoms with Crippen LogP contribution in [0.5, 0.6) is 0 Å². The van der Waals surface area contributed by atoms with Gasteiger partial charge in [0.25, 0.3) is 0 Å². The fourth-order valence-corrected chi connectivity index (χ4v) is 2.63. The van der Waals surface area contributed by atoms with E-state index in [1.807, 2.05) is 0 Å². The predicted octanol–water partition coefficient (Wildman–Crippen LogP) is 5.42. The maximum Gasteiger partial charge on any atom is 0.230 e. The molecule has 0 spiro atoms. The molecule has 3 rings (SSSR count). The number of carbonyl (C=O) groups is 1. The fraction of sp³-hybridized carbons (Fsp3) is 0.0625. The van der Waals surface area contributed by atoms with E-state index in [1.165, 1.54) is 12.1 Å². The van der Waals surface area contributed by atoms with Crippen molar-refractivity contribution in [3.05, 3.63) is 69.1 Å². The molecule has 0 bridgehead atoms. The zero-order valence-electron chi connectivity index (χ0n) is 10.9. The minimum absolute atomic E-state index is 0.0536. The number of ketones is 1. The smallest absolute Gasteiger partial charge is 0.230 e. The Morgan fingerprint density at radius 3 is 2.62 bits per heavy atom. The molecule has 0 saturated carbocycles. The summed E-state index contributed by atoms with van der Waals surface area (Å²) in [7, 11) is 0. The van der Waals surface area contributed by atoms with Crippen molar-refractivity contribution in [3.8, 4) is 0 Å². The van der Waals surface area contributed by atoms with Crippen molar-refractivity contribution in [2.75, 3.05) is 0 Å². The molecular weight excluding hydrogens is 314 g/mol. The van der Waals surface area contributed by atoms with Gasteiger partial charge in [-0.2, -0.15) is 0 Å². The van der Waals surface area contributed by atoms with Crippen molar-refractivity contribution in [1.29, 1.82) is 0 Å². The van der Waals surface area contributed by atoms with Gasteiger partial charge in [-0.1, -0.05) is 23.2 Å². The van der Waals surface area contributed by atoms with Crippen LogP contribution in [-0.4, -0.2) is 5.78 Å². The zero-order valence-corrected chi connectivity index (χ0v) is 12.4. The Morgan fingerprint density at radius 2 is 1.90 bits per heavy atom. The second-order valence-electron chi connectivity index (χ2n) is 4.65. The Kier molecular flexibility index (Phi) is 3.47. The molecule has 0 atom stereocenters. The lowest BCUT2D eigenvalue weighted by atomic mass is 10.0. The molecule has 1 aromatic heterocycles. The first-order valence-electron chi connectivity index (χ1n) is 6.16. The van der Waals surface area contributed by atoms with Crippen LogP contribution in [0.25, 0.3) is 11.0 Å². The van der Waals surface area contributed by atoms with Crippen LogP contribution in [0.15, 0.2) is 40.8 Å². The molecule has 1 heterocycles. The van der Waals surface area contributed by atoms with E-state index in [2.05, 4.69) is 0 Å². The van der Waals surface area contributed by atoms with Crippen molar-refractivity contribution in [3.63, 3.8) is 0 Å². The standard InChI is InChI=1S/C16H9Cl2FO2/c1-8-12-6-9(17)2-5-14(12)21-16(8)15(20)11-4-3-10(19)7-13(11)18/h2-7H,1H3. The van der Waals surface area contributed by atoms with E-state index in [4.69, 9.17) is 27.6 Å². The topological polar surface area (TPSA) is 30.2 Å². The molecule has 21 heavy (non-hydrogen) atoms. The quantitative estimate of drug-likeness (QED) is 0.590. The molecule has 2 aromatic carbocycles. The average Bonchev–Trinajstić information content (AvgIpc) is 2.75.